The molecule has 1 heteroatoms. The highest BCUT2D eigenvalue weighted by Gasteiger charge is 1.82. The highest BCUT2D eigenvalue weighted by Crippen LogP contribution is 2.00. The molecule has 0 rings (SSSR count). The van der Waals surface area contributed by atoms with Crippen molar-refractivity contribution in [3.63, 3.8) is 0 Å². The van der Waals surface area contributed by atoms with Crippen LogP contribution in [0.15, 0.2) is 29.4 Å². The largest absolute Gasteiger partial charge is 0.266 e. The van der Waals surface area contributed by atoms with Crippen molar-refractivity contribution in [1.29, 1.82) is 0 Å². The lowest BCUT2D eigenvalue weighted by Gasteiger charge is -1.91. The van der Waals surface area contributed by atoms with E-state index in [1.807, 2.05) is 26.1 Å². The van der Waals surface area contributed by atoms with Crippen molar-refractivity contribution in [3.8, 4) is 0 Å². The van der Waals surface area contributed by atoms with E-state index in [-0.39, 0.29) is 0 Å². The van der Waals surface area contributed by atoms with Crippen molar-refractivity contribution >= 4 is 5.71 Å². The van der Waals surface area contributed by atoms with E-state index in [1.165, 1.54) is 5.57 Å². The molecule has 0 N–H and O–H groups in total. The minimum Gasteiger partial charge on any atom is -0.266 e. The second-order valence-corrected chi connectivity index (χ2v) is 2.34. The molecule has 0 aromatic carbocycles. The zero-order chi connectivity index (χ0) is 7.98. The number of nitrogens with zero attached hydrogens (tertiary/aromatic N) is 1. The fourth-order valence-corrected chi connectivity index (χ4v) is 0.500. The summed E-state index contributed by atoms with van der Waals surface area (Å²) in [5, 5.41) is 0. The van der Waals surface area contributed by atoms with Crippen LogP contribution in [0.25, 0.3) is 0 Å². The lowest BCUT2D eigenvalue weighted by atomic mass is 10.2. The van der Waals surface area contributed by atoms with E-state index < -0.39 is 0 Å². The summed E-state index contributed by atoms with van der Waals surface area (Å²) < 4.78 is 0. The van der Waals surface area contributed by atoms with Gasteiger partial charge in [0, 0.05) is 11.9 Å². The Hall–Kier alpha value is -0.850. The van der Waals surface area contributed by atoms with Gasteiger partial charge in [0.15, 0.2) is 0 Å². The summed E-state index contributed by atoms with van der Waals surface area (Å²) in [6, 6.07) is 0. The summed E-state index contributed by atoms with van der Waals surface area (Å²) in [4.78, 5) is 4.15. The van der Waals surface area contributed by atoms with Crippen LogP contribution in [-0.2, 0) is 0 Å². The van der Waals surface area contributed by atoms with E-state index in [4.69, 9.17) is 0 Å². The lowest BCUT2D eigenvalue weighted by Crippen LogP contribution is -1.78. The first-order chi connectivity index (χ1) is 4.70. The molecule has 0 aliphatic rings. The van der Waals surface area contributed by atoms with Crippen LogP contribution < -0.4 is 0 Å². The molecule has 0 saturated heterocycles. The van der Waals surface area contributed by atoms with Crippen molar-refractivity contribution in [3.05, 3.63) is 24.4 Å². The van der Waals surface area contributed by atoms with Crippen molar-refractivity contribution in [2.24, 2.45) is 4.99 Å². The second kappa shape index (κ2) is 4.98. The summed E-state index contributed by atoms with van der Waals surface area (Å²) in [6.07, 6.45) is 4.70. The molecule has 0 amide bonds. The van der Waals surface area contributed by atoms with Crippen LogP contribution in [0.1, 0.15) is 27.2 Å². The van der Waals surface area contributed by atoms with E-state index in [0.717, 1.165) is 12.1 Å². The summed E-state index contributed by atoms with van der Waals surface area (Å²) in [6.45, 7) is 9.72. The van der Waals surface area contributed by atoms with Gasteiger partial charge in [0.2, 0.25) is 0 Å². The van der Waals surface area contributed by atoms with Gasteiger partial charge in [-0.25, -0.2) is 0 Å². The summed E-state index contributed by atoms with van der Waals surface area (Å²) in [5.41, 5.74) is 2.26. The standard InChI is InChI=1S/C9H15N/c1-5-9(6-2)7-10-8(3)4/h5,7H,1,6H2,2-4H3/b9-7+. The zero-order valence-electron chi connectivity index (χ0n) is 7.02. The number of allylic oxidation sites excluding steroid dienone is 2. The minimum absolute atomic E-state index is 1.00. The maximum Gasteiger partial charge on any atom is 0.0298 e. The predicted octanol–water partition coefficient (Wildman–Crippen LogP) is 2.95. The summed E-state index contributed by atoms with van der Waals surface area (Å²) >= 11 is 0. The molecule has 0 radical (unpaired) electrons. The molecule has 0 fully saturated rings. The molecule has 0 unspecified atom stereocenters. The smallest absolute Gasteiger partial charge is 0.0298 e. The van der Waals surface area contributed by atoms with Gasteiger partial charge >= 0.3 is 0 Å². The van der Waals surface area contributed by atoms with Gasteiger partial charge in [-0.15, -0.1) is 0 Å². The van der Waals surface area contributed by atoms with Gasteiger partial charge in [0.1, 0.15) is 0 Å². The molecule has 10 heavy (non-hydrogen) atoms. The fourth-order valence-electron chi connectivity index (χ4n) is 0.500. The molecule has 1 nitrogen and oxygen atoms in total. The Kier molecular flexibility index (Phi) is 4.55. The van der Waals surface area contributed by atoms with Crippen molar-refractivity contribution in [1.82, 2.24) is 0 Å². The highest BCUT2D eigenvalue weighted by molar-refractivity contribution is 5.79. The van der Waals surface area contributed by atoms with E-state index in [2.05, 4.69) is 18.5 Å². The third-order valence-corrected chi connectivity index (χ3v) is 1.16. The molecule has 0 aromatic heterocycles. The summed E-state index contributed by atoms with van der Waals surface area (Å²) in [5.74, 6) is 0. The number of hydrogen-bond donors (Lipinski definition) is 0. The van der Waals surface area contributed by atoms with Gasteiger partial charge in [-0.1, -0.05) is 19.6 Å². The number of aliphatic imine (C=N–C) groups is 1. The van der Waals surface area contributed by atoms with Crippen LogP contribution in [0.2, 0.25) is 0 Å². The predicted molar refractivity (Wildman–Crippen MR) is 47.4 cm³/mol. The zero-order valence-corrected chi connectivity index (χ0v) is 7.02. The van der Waals surface area contributed by atoms with E-state index >= 15 is 0 Å². The Morgan fingerprint density at radius 1 is 1.50 bits per heavy atom. The monoisotopic (exact) mass is 137 g/mol. The lowest BCUT2D eigenvalue weighted by molar-refractivity contribution is 1.14. The van der Waals surface area contributed by atoms with Crippen LogP contribution in [0, 0.1) is 0 Å². The molecular weight excluding hydrogens is 122 g/mol. The van der Waals surface area contributed by atoms with E-state index in [9.17, 15) is 0 Å². The Labute approximate surface area is 63.2 Å². The topological polar surface area (TPSA) is 12.4 Å². The van der Waals surface area contributed by atoms with Gasteiger partial charge in [0.25, 0.3) is 0 Å². The molecule has 0 aromatic rings. The van der Waals surface area contributed by atoms with Crippen molar-refractivity contribution in [2.75, 3.05) is 0 Å². The van der Waals surface area contributed by atoms with Crippen molar-refractivity contribution in [2.45, 2.75) is 27.2 Å². The number of rotatable bonds is 3. The van der Waals surface area contributed by atoms with Gasteiger partial charge in [-0.05, 0) is 25.8 Å². The molecule has 0 atom stereocenters. The second-order valence-electron chi connectivity index (χ2n) is 2.34. The first-order valence-electron chi connectivity index (χ1n) is 3.53. The molecule has 0 aliphatic heterocycles. The number of hydrogen-bond acceptors (Lipinski definition) is 1. The fraction of sp³-hybridized carbons (Fsp3) is 0.444. The first-order valence-corrected chi connectivity index (χ1v) is 3.53. The molecule has 0 saturated carbocycles. The molecular formula is C9H15N. The Balaban J connectivity index is 4.12. The van der Waals surface area contributed by atoms with Crippen LogP contribution in [0.5, 0.6) is 0 Å². The molecule has 0 bridgehead atoms. The van der Waals surface area contributed by atoms with Crippen molar-refractivity contribution < 1.29 is 0 Å². The van der Waals surface area contributed by atoms with Gasteiger partial charge in [0.05, 0.1) is 0 Å². The summed E-state index contributed by atoms with van der Waals surface area (Å²) in [7, 11) is 0. The quantitative estimate of drug-likeness (QED) is 0.419. The maximum absolute atomic E-state index is 4.15. The first kappa shape index (κ1) is 9.15. The average molecular weight is 137 g/mol. The molecule has 0 aliphatic carbocycles. The highest BCUT2D eigenvalue weighted by atomic mass is 14.7. The normalized spacial score (nSPS) is 10.9. The van der Waals surface area contributed by atoms with E-state index in [0.29, 0.717) is 0 Å². The SMILES string of the molecule is C=C/C(=C\N=C(C)C)CC. The molecule has 56 valence electrons. The van der Waals surface area contributed by atoms with E-state index in [1.54, 1.807) is 0 Å². The van der Waals surface area contributed by atoms with Gasteiger partial charge < -0.3 is 0 Å². The Morgan fingerprint density at radius 2 is 2.10 bits per heavy atom. The maximum atomic E-state index is 4.15. The molecule has 0 heterocycles. The van der Waals surface area contributed by atoms with Crippen LogP contribution in [-0.4, -0.2) is 5.71 Å². The third-order valence-electron chi connectivity index (χ3n) is 1.16. The van der Waals surface area contributed by atoms with Crippen LogP contribution in [0.4, 0.5) is 0 Å². The van der Waals surface area contributed by atoms with Gasteiger partial charge in [-0.3, -0.25) is 4.99 Å². The Bertz CT molecular complexity index is 160. The van der Waals surface area contributed by atoms with Crippen LogP contribution in [0.3, 0.4) is 0 Å². The van der Waals surface area contributed by atoms with Gasteiger partial charge in [-0.2, -0.15) is 0 Å². The third kappa shape index (κ3) is 4.07. The minimum atomic E-state index is 1.00. The average Bonchev–Trinajstić information content (AvgIpc) is 1.90. The Morgan fingerprint density at radius 3 is 2.40 bits per heavy atom. The van der Waals surface area contributed by atoms with Crippen LogP contribution >= 0.6 is 0 Å². The molecule has 0 spiro atoms.